The highest BCUT2D eigenvalue weighted by Crippen LogP contribution is 2.46. The topological polar surface area (TPSA) is 63.6 Å². The summed E-state index contributed by atoms with van der Waals surface area (Å²) in [5.74, 6) is -2.17. The number of hydrogen-bond acceptors (Lipinski definition) is 4. The summed E-state index contributed by atoms with van der Waals surface area (Å²) in [4.78, 5) is 25.3. The molecule has 0 heterocycles. The highest BCUT2D eigenvalue weighted by atomic mass is 35.5. The summed E-state index contributed by atoms with van der Waals surface area (Å²) in [6.45, 7) is 1.93. The fraction of sp³-hybridized carbons (Fsp3) is 0.333. The minimum absolute atomic E-state index is 0.124. The van der Waals surface area contributed by atoms with Crippen molar-refractivity contribution in [2.75, 3.05) is 6.61 Å². The Kier molecular flexibility index (Phi) is 5.44. The number of aliphatic hydroxyl groups is 1. The first-order valence-electron chi connectivity index (χ1n) is 8.67. The molecule has 3 atom stereocenters. The Morgan fingerprint density at radius 3 is 2.46 bits per heavy atom. The van der Waals surface area contributed by atoms with Crippen molar-refractivity contribution in [3.05, 3.63) is 70.7 Å². The molecule has 2 aromatic rings. The zero-order valence-corrected chi connectivity index (χ0v) is 15.3. The van der Waals surface area contributed by atoms with Crippen molar-refractivity contribution >= 4 is 23.4 Å². The van der Waals surface area contributed by atoms with Gasteiger partial charge in [0.1, 0.15) is 5.92 Å². The van der Waals surface area contributed by atoms with E-state index in [4.69, 9.17) is 16.3 Å². The standard InChI is InChI=1S/C21H21ClO4/c1-2-26-20(24)19-17(14-6-4-3-5-7-14)12-21(25,13-18(19)23)15-8-10-16(22)11-9-15/h3-11,17,19,25H,2,12-13H2,1H3/t17-,19+,21+/m0/s1. The average Bonchev–Trinajstić information content (AvgIpc) is 2.62. The minimum Gasteiger partial charge on any atom is -0.465 e. The molecule has 3 rings (SSSR count). The van der Waals surface area contributed by atoms with Crippen molar-refractivity contribution in [3.8, 4) is 0 Å². The summed E-state index contributed by atoms with van der Waals surface area (Å²) in [6.07, 6.45) is 0.134. The third-order valence-electron chi connectivity index (χ3n) is 4.92. The number of halogens is 1. The number of benzene rings is 2. The monoisotopic (exact) mass is 372 g/mol. The Bertz CT molecular complexity index is 787. The first-order valence-corrected chi connectivity index (χ1v) is 9.05. The lowest BCUT2D eigenvalue weighted by atomic mass is 9.66. The van der Waals surface area contributed by atoms with Crippen molar-refractivity contribution in [1.29, 1.82) is 0 Å². The van der Waals surface area contributed by atoms with Gasteiger partial charge in [-0.25, -0.2) is 0 Å². The first kappa shape index (κ1) is 18.6. The summed E-state index contributed by atoms with van der Waals surface area (Å²) >= 11 is 5.94. The molecule has 0 saturated heterocycles. The second kappa shape index (κ2) is 7.60. The maximum atomic E-state index is 12.9. The van der Waals surface area contributed by atoms with Gasteiger partial charge in [0, 0.05) is 17.4 Å². The predicted molar refractivity (Wildman–Crippen MR) is 98.9 cm³/mol. The van der Waals surface area contributed by atoms with Crippen molar-refractivity contribution in [3.63, 3.8) is 0 Å². The van der Waals surface area contributed by atoms with Crippen LogP contribution < -0.4 is 0 Å². The Hall–Kier alpha value is -2.17. The second-order valence-corrected chi connectivity index (χ2v) is 7.07. The Morgan fingerprint density at radius 2 is 1.85 bits per heavy atom. The quantitative estimate of drug-likeness (QED) is 0.654. The van der Waals surface area contributed by atoms with Crippen LogP contribution >= 0.6 is 11.6 Å². The normalized spacial score (nSPS) is 25.7. The number of esters is 1. The zero-order valence-electron chi connectivity index (χ0n) is 14.5. The molecule has 5 heteroatoms. The lowest BCUT2D eigenvalue weighted by molar-refractivity contribution is -0.158. The predicted octanol–water partition coefficient (Wildman–Crippen LogP) is 3.85. The number of carbonyl (C=O) groups is 2. The van der Waals surface area contributed by atoms with Gasteiger partial charge in [0.05, 0.1) is 12.2 Å². The van der Waals surface area contributed by atoms with Crippen LogP contribution in [0.4, 0.5) is 0 Å². The fourth-order valence-electron chi connectivity index (χ4n) is 3.69. The molecule has 1 aliphatic carbocycles. The molecule has 0 spiro atoms. The van der Waals surface area contributed by atoms with E-state index in [1.165, 1.54) is 0 Å². The third kappa shape index (κ3) is 3.67. The zero-order chi connectivity index (χ0) is 18.7. The van der Waals surface area contributed by atoms with Crippen LogP contribution in [0.25, 0.3) is 0 Å². The van der Waals surface area contributed by atoms with Gasteiger partial charge in [-0.3, -0.25) is 9.59 Å². The van der Waals surface area contributed by atoms with E-state index in [0.29, 0.717) is 10.6 Å². The molecule has 1 saturated carbocycles. The molecule has 136 valence electrons. The van der Waals surface area contributed by atoms with E-state index in [0.717, 1.165) is 5.56 Å². The van der Waals surface area contributed by atoms with Crippen LogP contribution in [-0.4, -0.2) is 23.5 Å². The van der Waals surface area contributed by atoms with Crippen LogP contribution in [0.5, 0.6) is 0 Å². The van der Waals surface area contributed by atoms with Gasteiger partial charge in [0.25, 0.3) is 0 Å². The number of carbonyl (C=O) groups excluding carboxylic acids is 2. The van der Waals surface area contributed by atoms with Crippen LogP contribution in [-0.2, 0) is 19.9 Å². The molecular formula is C21H21ClO4. The molecule has 0 unspecified atom stereocenters. The van der Waals surface area contributed by atoms with E-state index in [-0.39, 0.29) is 25.2 Å². The van der Waals surface area contributed by atoms with Gasteiger partial charge in [-0.1, -0.05) is 54.1 Å². The van der Waals surface area contributed by atoms with E-state index < -0.39 is 23.4 Å². The van der Waals surface area contributed by atoms with Gasteiger partial charge in [0.15, 0.2) is 5.78 Å². The molecular weight excluding hydrogens is 352 g/mol. The summed E-state index contributed by atoms with van der Waals surface area (Å²) in [5.41, 5.74) is 0.120. The molecule has 1 fully saturated rings. The molecule has 2 aromatic carbocycles. The molecule has 0 amide bonds. The second-order valence-electron chi connectivity index (χ2n) is 6.63. The van der Waals surface area contributed by atoms with Crippen LogP contribution in [0.15, 0.2) is 54.6 Å². The van der Waals surface area contributed by atoms with Crippen molar-refractivity contribution < 1.29 is 19.4 Å². The number of hydrogen-bond donors (Lipinski definition) is 1. The van der Waals surface area contributed by atoms with E-state index in [1.807, 2.05) is 30.3 Å². The summed E-state index contributed by atoms with van der Waals surface area (Å²) in [6, 6.07) is 16.2. The van der Waals surface area contributed by atoms with E-state index in [2.05, 4.69) is 0 Å². The first-order chi connectivity index (χ1) is 12.4. The van der Waals surface area contributed by atoms with Crippen molar-refractivity contribution in [2.24, 2.45) is 5.92 Å². The number of ether oxygens (including phenoxy) is 1. The van der Waals surface area contributed by atoms with Crippen molar-refractivity contribution in [2.45, 2.75) is 31.3 Å². The van der Waals surface area contributed by atoms with Gasteiger partial charge in [-0.2, -0.15) is 0 Å². The van der Waals surface area contributed by atoms with Crippen LogP contribution in [0.2, 0.25) is 5.02 Å². The molecule has 0 aliphatic heterocycles. The minimum atomic E-state index is -1.34. The third-order valence-corrected chi connectivity index (χ3v) is 5.18. The molecule has 4 nitrogen and oxygen atoms in total. The fourth-order valence-corrected chi connectivity index (χ4v) is 3.82. The van der Waals surface area contributed by atoms with Gasteiger partial charge < -0.3 is 9.84 Å². The SMILES string of the molecule is CCOC(=O)[C@H]1C(=O)C[C@@](O)(c2ccc(Cl)cc2)C[C@H]1c1ccccc1. The summed E-state index contributed by atoms with van der Waals surface area (Å²) in [5, 5.41) is 11.8. The number of rotatable bonds is 4. The molecule has 1 aliphatic rings. The van der Waals surface area contributed by atoms with Crippen LogP contribution in [0.3, 0.4) is 0 Å². The smallest absolute Gasteiger partial charge is 0.317 e. The largest absolute Gasteiger partial charge is 0.465 e. The van der Waals surface area contributed by atoms with Crippen LogP contribution in [0.1, 0.15) is 36.8 Å². The van der Waals surface area contributed by atoms with Gasteiger partial charge in [0.2, 0.25) is 0 Å². The summed E-state index contributed by atoms with van der Waals surface area (Å²) in [7, 11) is 0. The number of Topliss-reactive ketones (excluding diaryl/α,β-unsaturated/α-hetero) is 1. The maximum absolute atomic E-state index is 12.9. The molecule has 1 N–H and O–H groups in total. The molecule has 0 aromatic heterocycles. The molecule has 0 bridgehead atoms. The number of ketones is 1. The van der Waals surface area contributed by atoms with Crippen molar-refractivity contribution in [1.82, 2.24) is 0 Å². The van der Waals surface area contributed by atoms with E-state index in [1.54, 1.807) is 31.2 Å². The molecule has 26 heavy (non-hydrogen) atoms. The van der Waals surface area contributed by atoms with E-state index in [9.17, 15) is 14.7 Å². The highest BCUT2D eigenvalue weighted by molar-refractivity contribution is 6.30. The van der Waals surface area contributed by atoms with Gasteiger partial charge in [-0.15, -0.1) is 0 Å². The van der Waals surface area contributed by atoms with Gasteiger partial charge in [-0.05, 0) is 36.6 Å². The lowest BCUT2D eigenvalue weighted by Gasteiger charge is -2.40. The average molecular weight is 373 g/mol. The lowest BCUT2D eigenvalue weighted by Crippen LogP contribution is -2.45. The van der Waals surface area contributed by atoms with Gasteiger partial charge >= 0.3 is 5.97 Å². The van der Waals surface area contributed by atoms with E-state index >= 15 is 0 Å². The maximum Gasteiger partial charge on any atom is 0.317 e. The Labute approximate surface area is 157 Å². The Balaban J connectivity index is 2.00. The molecule has 0 radical (unpaired) electrons. The highest BCUT2D eigenvalue weighted by Gasteiger charge is 2.49. The van der Waals surface area contributed by atoms with Crippen LogP contribution in [0, 0.1) is 5.92 Å². The Morgan fingerprint density at radius 1 is 1.19 bits per heavy atom. The summed E-state index contributed by atoms with van der Waals surface area (Å²) < 4.78 is 5.13.